The highest BCUT2D eigenvalue weighted by atomic mass is 79.9. The molecule has 0 bridgehead atoms. The summed E-state index contributed by atoms with van der Waals surface area (Å²) >= 11 is 3.17. The van der Waals surface area contributed by atoms with Gasteiger partial charge < -0.3 is 11.1 Å². The molecule has 0 aliphatic carbocycles. The molecule has 0 unspecified atom stereocenters. The van der Waals surface area contributed by atoms with Crippen LogP contribution >= 0.6 is 15.9 Å². The predicted octanol–water partition coefficient (Wildman–Crippen LogP) is 2.47. The van der Waals surface area contributed by atoms with Gasteiger partial charge in [0.25, 0.3) is 0 Å². The van der Waals surface area contributed by atoms with E-state index < -0.39 is 0 Å². The lowest BCUT2D eigenvalue weighted by Crippen LogP contribution is -2.09. The monoisotopic (exact) mass is 318 g/mol. The summed E-state index contributed by atoms with van der Waals surface area (Å²) in [5, 5.41) is 2.61. The maximum Gasteiger partial charge on any atom is 0.249 e. The van der Waals surface area contributed by atoms with E-state index in [-0.39, 0.29) is 5.91 Å². The molecule has 1 heterocycles. The van der Waals surface area contributed by atoms with Crippen molar-refractivity contribution in [1.82, 2.24) is 9.97 Å². The third kappa shape index (κ3) is 4.18. The summed E-state index contributed by atoms with van der Waals surface area (Å²) in [6, 6.07) is 7.21. The highest BCUT2D eigenvalue weighted by molar-refractivity contribution is 9.10. The standard InChI is InChI=1S/C13H11BrN4O/c14-11-7-17-12(8-16-11)18-13(19)6-3-9-1-4-10(15)5-2-9/h1-8H,15H2,(H,17,18,19)/b6-3+. The molecule has 3 N–H and O–H groups in total. The minimum Gasteiger partial charge on any atom is -0.399 e. The van der Waals surface area contributed by atoms with Crippen molar-refractivity contribution in [2.45, 2.75) is 0 Å². The highest BCUT2D eigenvalue weighted by Gasteiger charge is 1.99. The van der Waals surface area contributed by atoms with E-state index >= 15 is 0 Å². The van der Waals surface area contributed by atoms with E-state index in [4.69, 9.17) is 5.73 Å². The number of aromatic nitrogens is 2. The van der Waals surface area contributed by atoms with Gasteiger partial charge in [0.2, 0.25) is 5.91 Å². The van der Waals surface area contributed by atoms with Crippen LogP contribution < -0.4 is 11.1 Å². The number of rotatable bonds is 3. The van der Waals surface area contributed by atoms with E-state index in [1.54, 1.807) is 18.2 Å². The van der Waals surface area contributed by atoms with Crippen molar-refractivity contribution in [3.63, 3.8) is 0 Å². The second-order valence-electron chi connectivity index (χ2n) is 3.71. The number of hydrogen-bond donors (Lipinski definition) is 2. The van der Waals surface area contributed by atoms with E-state index in [0.717, 1.165) is 5.56 Å². The zero-order chi connectivity index (χ0) is 13.7. The second kappa shape index (κ2) is 6.10. The molecule has 1 amide bonds. The van der Waals surface area contributed by atoms with Crippen LogP contribution in [-0.2, 0) is 4.79 Å². The largest absolute Gasteiger partial charge is 0.399 e. The minimum atomic E-state index is -0.270. The molecule has 5 nitrogen and oxygen atoms in total. The van der Waals surface area contributed by atoms with Gasteiger partial charge >= 0.3 is 0 Å². The summed E-state index contributed by atoms with van der Waals surface area (Å²) in [4.78, 5) is 19.6. The molecule has 0 saturated heterocycles. The first-order valence-corrected chi connectivity index (χ1v) is 6.25. The lowest BCUT2D eigenvalue weighted by atomic mass is 10.2. The van der Waals surface area contributed by atoms with Crippen LogP contribution in [0.25, 0.3) is 6.08 Å². The number of halogens is 1. The maximum absolute atomic E-state index is 11.6. The van der Waals surface area contributed by atoms with Crippen LogP contribution in [0.3, 0.4) is 0 Å². The van der Waals surface area contributed by atoms with Gasteiger partial charge in [-0.15, -0.1) is 0 Å². The average Bonchev–Trinajstić information content (AvgIpc) is 2.41. The molecule has 0 fully saturated rings. The Morgan fingerprint density at radius 3 is 2.58 bits per heavy atom. The van der Waals surface area contributed by atoms with Crippen LogP contribution in [0.1, 0.15) is 5.56 Å². The molecule has 1 aromatic carbocycles. The maximum atomic E-state index is 11.6. The third-order valence-electron chi connectivity index (χ3n) is 2.24. The van der Waals surface area contributed by atoms with Gasteiger partial charge in [-0.25, -0.2) is 9.97 Å². The number of nitrogens with one attached hydrogen (secondary N) is 1. The highest BCUT2D eigenvalue weighted by Crippen LogP contribution is 2.08. The SMILES string of the molecule is Nc1ccc(/C=C/C(=O)Nc2cnc(Br)cn2)cc1. The van der Waals surface area contributed by atoms with E-state index in [1.807, 2.05) is 12.1 Å². The smallest absolute Gasteiger partial charge is 0.249 e. The fraction of sp³-hybridized carbons (Fsp3) is 0. The van der Waals surface area contributed by atoms with E-state index in [0.29, 0.717) is 16.1 Å². The number of nitrogen functional groups attached to an aromatic ring is 1. The van der Waals surface area contributed by atoms with Gasteiger partial charge in [-0.1, -0.05) is 12.1 Å². The molecule has 19 heavy (non-hydrogen) atoms. The molecule has 0 aliphatic rings. The lowest BCUT2D eigenvalue weighted by molar-refractivity contribution is -0.111. The quantitative estimate of drug-likeness (QED) is 0.673. The van der Waals surface area contributed by atoms with Gasteiger partial charge in [-0.2, -0.15) is 0 Å². The number of nitrogens with two attached hydrogens (primary N) is 1. The summed E-state index contributed by atoms with van der Waals surface area (Å²) in [6.07, 6.45) is 6.11. The molecule has 0 spiro atoms. The number of nitrogens with zero attached hydrogens (tertiary/aromatic N) is 2. The Morgan fingerprint density at radius 2 is 1.95 bits per heavy atom. The first-order valence-electron chi connectivity index (χ1n) is 5.45. The summed E-state index contributed by atoms with van der Waals surface area (Å²) in [5.41, 5.74) is 7.16. The summed E-state index contributed by atoms with van der Waals surface area (Å²) in [7, 11) is 0. The Balaban J connectivity index is 1.97. The minimum absolute atomic E-state index is 0.270. The molecule has 0 saturated carbocycles. The zero-order valence-corrected chi connectivity index (χ0v) is 11.5. The summed E-state index contributed by atoms with van der Waals surface area (Å²) in [5.74, 6) is 0.128. The Kier molecular flexibility index (Phi) is 4.25. The molecule has 6 heteroatoms. The van der Waals surface area contributed by atoms with Gasteiger partial charge in [-0.3, -0.25) is 4.79 Å². The first kappa shape index (κ1) is 13.2. The van der Waals surface area contributed by atoms with Gasteiger partial charge in [0.15, 0.2) is 5.82 Å². The van der Waals surface area contributed by atoms with Crippen LogP contribution in [-0.4, -0.2) is 15.9 Å². The lowest BCUT2D eigenvalue weighted by Gasteiger charge is -2.00. The Bertz CT molecular complexity index is 593. The summed E-state index contributed by atoms with van der Waals surface area (Å²) in [6.45, 7) is 0. The fourth-order valence-corrected chi connectivity index (χ4v) is 1.53. The Morgan fingerprint density at radius 1 is 1.21 bits per heavy atom. The Hall–Kier alpha value is -2.21. The van der Waals surface area contributed by atoms with Crippen LogP contribution in [0.4, 0.5) is 11.5 Å². The molecule has 1 aromatic heterocycles. The van der Waals surface area contributed by atoms with Gasteiger partial charge in [0.05, 0.1) is 12.4 Å². The van der Waals surface area contributed by atoms with Crippen molar-refractivity contribution < 1.29 is 4.79 Å². The molecule has 2 rings (SSSR count). The van der Waals surface area contributed by atoms with Crippen LogP contribution in [0.2, 0.25) is 0 Å². The van der Waals surface area contributed by atoms with Crippen molar-refractivity contribution in [1.29, 1.82) is 0 Å². The van der Waals surface area contributed by atoms with Crippen LogP contribution in [0.5, 0.6) is 0 Å². The van der Waals surface area contributed by atoms with E-state index in [9.17, 15) is 4.79 Å². The zero-order valence-electron chi connectivity index (χ0n) is 9.88. The van der Waals surface area contributed by atoms with Gasteiger partial charge in [-0.05, 0) is 39.7 Å². The van der Waals surface area contributed by atoms with Gasteiger partial charge in [0.1, 0.15) is 4.60 Å². The number of amides is 1. The average molecular weight is 319 g/mol. The van der Waals surface area contributed by atoms with Crippen molar-refractivity contribution in [3.05, 3.63) is 52.9 Å². The molecule has 0 radical (unpaired) electrons. The molecule has 2 aromatic rings. The number of carbonyl (C=O) groups is 1. The first-order chi connectivity index (χ1) is 9.13. The molecular weight excluding hydrogens is 308 g/mol. The molecule has 96 valence electrons. The summed E-state index contributed by atoms with van der Waals surface area (Å²) < 4.78 is 0.614. The molecular formula is C13H11BrN4O. The van der Waals surface area contributed by atoms with Crippen molar-refractivity contribution in [2.24, 2.45) is 0 Å². The normalized spacial score (nSPS) is 10.6. The number of anilines is 2. The van der Waals surface area contributed by atoms with E-state index in [1.165, 1.54) is 18.5 Å². The fourth-order valence-electron chi connectivity index (χ4n) is 1.32. The molecule has 0 atom stereocenters. The topological polar surface area (TPSA) is 80.9 Å². The predicted molar refractivity (Wildman–Crippen MR) is 78.3 cm³/mol. The third-order valence-corrected chi connectivity index (χ3v) is 2.64. The number of hydrogen-bond acceptors (Lipinski definition) is 4. The van der Waals surface area contributed by atoms with Crippen molar-refractivity contribution in [3.8, 4) is 0 Å². The van der Waals surface area contributed by atoms with Crippen molar-refractivity contribution >= 4 is 39.4 Å². The van der Waals surface area contributed by atoms with Gasteiger partial charge in [0, 0.05) is 11.8 Å². The number of benzene rings is 1. The van der Waals surface area contributed by atoms with Crippen molar-refractivity contribution in [2.75, 3.05) is 11.1 Å². The second-order valence-corrected chi connectivity index (χ2v) is 4.53. The van der Waals surface area contributed by atoms with Crippen LogP contribution in [0, 0.1) is 0 Å². The number of carbonyl (C=O) groups excluding carboxylic acids is 1. The molecule has 0 aliphatic heterocycles. The van der Waals surface area contributed by atoms with Crippen LogP contribution in [0.15, 0.2) is 47.3 Å². The Labute approximate surface area is 118 Å². The van der Waals surface area contributed by atoms with E-state index in [2.05, 4.69) is 31.2 Å².